The van der Waals surface area contributed by atoms with E-state index in [9.17, 15) is 86.1 Å². The highest BCUT2D eigenvalue weighted by Crippen LogP contribution is 2.62. The first-order valence-electron chi connectivity index (χ1n) is 23.0. The number of aliphatic hydroxyl groups is 2. The fourth-order valence-corrected chi connectivity index (χ4v) is 13.5. The average molecular weight is 1420 g/mol. The number of fused-ring (bicyclic) bond motifs is 2. The molecule has 0 aliphatic carbocycles. The van der Waals surface area contributed by atoms with Crippen LogP contribution in [0.4, 0.5) is 11.9 Å². The van der Waals surface area contributed by atoms with E-state index in [0.29, 0.717) is 0 Å². The summed E-state index contributed by atoms with van der Waals surface area (Å²) in [6.45, 7) is -3.66. The molecule has 88 heavy (non-hydrogen) atoms. The molecule has 54 heteroatoms. The fraction of sp³-hybridized carbons (Fsp3) is 0.588. The number of amides is 3. The normalized spacial score (nSPS) is 24.5. The molecular formula is C34H55N15O31P6S2-6. The summed E-state index contributed by atoms with van der Waals surface area (Å²) in [6, 6.07) is -1.32. The SMILES string of the molecule is C.C.NCCNC(=O)COC1[C@@H](O)[C@@H](COP(=O)([O-])OP(=O)([O-])OP(=O)([O-])O)O[C@H]1n1cnc2c(=S)nc(N)[nH]c21.Nc1nc(=S)c2ncn([C@@H]3O[C@H](COP(=O)([O-])OP(=O)([O-])OP(=O)([O-])O)[C@H](O)C3OCC(=O)NCCNC(=O)C(N)CC(=O)O)c2[nH]1. The van der Waals surface area contributed by atoms with Gasteiger partial charge in [-0.15, -0.1) is 0 Å². The predicted octanol–water partition coefficient (Wildman–Crippen LogP) is -7.29. The summed E-state index contributed by atoms with van der Waals surface area (Å²) in [5.41, 5.74) is 22.7. The summed E-state index contributed by atoms with van der Waals surface area (Å²) in [5.74, 6) is -3.73. The highest BCUT2D eigenvalue weighted by molar-refractivity contribution is 7.71. The second kappa shape index (κ2) is 32.2. The number of nitrogens with one attached hydrogen (secondary N) is 5. The number of aliphatic hydroxyl groups excluding tert-OH is 2. The molecule has 0 saturated carbocycles. The Hall–Kier alpha value is -4.48. The minimum absolute atomic E-state index is 0. The molecular weight excluding hydrogens is 1360 g/mol. The van der Waals surface area contributed by atoms with Crippen molar-refractivity contribution in [3.05, 3.63) is 21.9 Å². The maximum absolute atomic E-state index is 12.4. The second-order valence-electron chi connectivity index (χ2n) is 16.8. The molecule has 9 unspecified atom stereocenters. The number of aromatic nitrogens is 8. The highest BCUT2D eigenvalue weighted by Gasteiger charge is 2.49. The van der Waals surface area contributed by atoms with Crippen LogP contribution in [0.1, 0.15) is 33.7 Å². The van der Waals surface area contributed by atoms with Gasteiger partial charge in [0.2, 0.25) is 17.7 Å². The maximum Gasteiger partial charge on any atom is 0.305 e. The smallest absolute Gasteiger partial charge is 0.305 e. The first-order valence-corrected chi connectivity index (χ1v) is 32.6. The number of ether oxygens (including phenoxy) is 4. The van der Waals surface area contributed by atoms with Gasteiger partial charge in [-0.1, -0.05) is 39.3 Å². The summed E-state index contributed by atoms with van der Waals surface area (Å²) in [7, 11) is -36.1. The minimum Gasteiger partial charge on any atom is -0.756 e. The molecule has 2 aliphatic rings. The lowest BCUT2D eigenvalue weighted by Crippen LogP contribution is -2.45. The van der Waals surface area contributed by atoms with Crippen LogP contribution in [0.3, 0.4) is 0 Å². The van der Waals surface area contributed by atoms with Crippen LogP contribution in [0.25, 0.3) is 22.3 Å². The number of hydrogen-bond donors (Lipinski definition) is 14. The first kappa shape index (κ1) is 77.8. The van der Waals surface area contributed by atoms with Gasteiger partial charge in [0.1, 0.15) is 72.2 Å². The van der Waals surface area contributed by atoms with Crippen molar-refractivity contribution in [1.82, 2.24) is 55.0 Å². The van der Waals surface area contributed by atoms with Crippen molar-refractivity contribution in [1.29, 1.82) is 0 Å². The number of carboxylic acids is 1. The Labute approximate surface area is 502 Å². The van der Waals surface area contributed by atoms with Crippen LogP contribution >= 0.6 is 71.4 Å². The Balaban J connectivity index is 0.000000457. The fourth-order valence-electron chi connectivity index (χ4n) is 7.17. The molecule has 0 aromatic carbocycles. The Bertz CT molecular complexity index is 3530. The topological polar surface area (TPSA) is 736 Å². The van der Waals surface area contributed by atoms with Crippen LogP contribution in [0.5, 0.6) is 0 Å². The van der Waals surface area contributed by atoms with E-state index in [1.54, 1.807) is 0 Å². The number of imidazole rings is 2. The molecule has 2 fully saturated rings. The lowest BCUT2D eigenvalue weighted by Gasteiger charge is -2.33. The van der Waals surface area contributed by atoms with Crippen molar-refractivity contribution in [2.45, 2.75) is 76.4 Å². The number of nitrogens with zero attached hydrogens (tertiary/aromatic N) is 6. The van der Waals surface area contributed by atoms with Crippen LogP contribution in [0.2, 0.25) is 0 Å². The van der Waals surface area contributed by atoms with E-state index in [0.717, 1.165) is 6.33 Å². The van der Waals surface area contributed by atoms with Gasteiger partial charge in [-0.2, -0.15) is 0 Å². The number of nitrogens with two attached hydrogens (primary N) is 4. The highest BCUT2D eigenvalue weighted by atomic mass is 32.1. The van der Waals surface area contributed by atoms with Gasteiger partial charge in [0.25, 0.3) is 46.9 Å². The lowest BCUT2D eigenvalue weighted by molar-refractivity contribution is -0.254. The second-order valence-corrected chi connectivity index (χ2v) is 26.2. The van der Waals surface area contributed by atoms with E-state index in [4.69, 9.17) is 81.2 Å². The number of hydrogen-bond acceptors (Lipinski definition) is 38. The van der Waals surface area contributed by atoms with Gasteiger partial charge in [-0.25, -0.2) is 37.2 Å². The van der Waals surface area contributed by atoms with Gasteiger partial charge in [0.15, 0.2) is 33.6 Å². The number of aliphatic carboxylic acids is 1. The molecule has 500 valence electrons. The quantitative estimate of drug-likeness (QED) is 0.0131. The van der Waals surface area contributed by atoms with Gasteiger partial charge in [-0.05, 0) is 0 Å². The Morgan fingerprint density at radius 3 is 1.40 bits per heavy atom. The van der Waals surface area contributed by atoms with Crippen LogP contribution in [0.15, 0.2) is 12.7 Å². The van der Waals surface area contributed by atoms with E-state index < -0.39 is 159 Å². The van der Waals surface area contributed by atoms with Gasteiger partial charge >= 0.3 is 5.97 Å². The van der Waals surface area contributed by atoms with Gasteiger partial charge < -0.3 is 131 Å². The van der Waals surface area contributed by atoms with Crippen molar-refractivity contribution in [3.63, 3.8) is 0 Å². The Morgan fingerprint density at radius 1 is 0.659 bits per heavy atom. The third-order valence-corrected chi connectivity index (χ3v) is 18.4. The van der Waals surface area contributed by atoms with E-state index in [2.05, 4.69) is 72.1 Å². The van der Waals surface area contributed by atoms with E-state index in [-0.39, 0.29) is 84.5 Å². The van der Waals surface area contributed by atoms with Crippen LogP contribution in [0, 0.1) is 9.28 Å². The molecule has 6 heterocycles. The predicted molar refractivity (Wildman–Crippen MR) is 282 cm³/mol. The lowest BCUT2D eigenvalue weighted by atomic mass is 10.1. The molecule has 15 atom stereocenters. The molecule has 0 bridgehead atoms. The van der Waals surface area contributed by atoms with Crippen molar-refractivity contribution < 1.29 is 146 Å². The van der Waals surface area contributed by atoms with Crippen molar-refractivity contribution in [2.75, 3.05) is 64.1 Å². The number of phosphoric acid groups is 6. The third kappa shape index (κ3) is 23.3. The Morgan fingerprint density at radius 2 is 1.03 bits per heavy atom. The summed E-state index contributed by atoms with van der Waals surface area (Å²) >= 11 is 10.2. The zero-order valence-corrected chi connectivity index (χ0v) is 49.6. The molecule has 3 amide bonds. The standard InChI is InChI=1S/C18H29N8O17P3S.C14H24N7O14P3S.2CH4/c19-7(3-10(28)29)15(31)22-2-1-21-9(27)5-39-13-12(30)8(4-40-45(35,36)43-46(37,38)42-44(32,33)34)41-17(13)26-6-23-11-14(26)24-18(20)25-16(11)47;15-1-2-17-7(22)4-31-10-9(23)6(3-32-37(27,28)35-38(29,30)34-36(24,25)26)33-13(10)21-5-18-8-11(21)19-14(16)20-12(8)39;;/h6-8,12-13,17,30H,1-5,19H2,(H,21,27)(H,22,31)(H,28,29)(H,35,36)(H,37,38)(H2,32,33,34)(H3,20,24,25,47);5-6,9-10,13,23H,1-4,15H2,(H,17,22)(H,27,28)(H,29,30)(H2,24,25,26)(H3,16,19,20,39);2*1H4/p-6/t7?,8-,12+,13?,17-;6-,9+,10?,13-;;/m11../s1. The zero-order chi connectivity index (χ0) is 64.5. The number of carboxylic acid groups (broad SMARTS) is 1. The van der Waals surface area contributed by atoms with E-state index >= 15 is 0 Å². The molecule has 6 rings (SSSR count). The van der Waals surface area contributed by atoms with Gasteiger partial charge in [0, 0.05) is 26.2 Å². The third-order valence-electron chi connectivity index (χ3n) is 10.5. The number of carbonyl (C=O) groups excluding carboxylic acids is 3. The molecule has 4 aromatic rings. The molecule has 46 nitrogen and oxygen atoms in total. The summed E-state index contributed by atoms with van der Waals surface area (Å²) in [6.07, 6.45) is -10.7. The number of nitrogen functional groups attached to an aromatic ring is 2. The summed E-state index contributed by atoms with van der Waals surface area (Å²) < 4.78 is 115. The molecule has 2 saturated heterocycles. The van der Waals surface area contributed by atoms with Gasteiger partial charge in [-0.3, -0.25) is 55.7 Å². The number of aromatic amines is 2. The number of rotatable bonds is 30. The van der Waals surface area contributed by atoms with E-state index in [1.807, 2.05) is 0 Å². The molecule has 2 aliphatic heterocycles. The molecule has 4 aromatic heterocycles. The van der Waals surface area contributed by atoms with Crippen LogP contribution in [-0.2, 0) is 91.8 Å². The maximum atomic E-state index is 12.4. The van der Waals surface area contributed by atoms with Gasteiger partial charge in [0.05, 0.1) is 38.3 Å². The van der Waals surface area contributed by atoms with E-state index in [1.165, 1.54) is 15.5 Å². The van der Waals surface area contributed by atoms with Crippen LogP contribution in [-0.4, -0.2) is 183 Å². The molecule has 18 N–H and O–H groups in total. The zero-order valence-electron chi connectivity index (χ0n) is 42.6. The summed E-state index contributed by atoms with van der Waals surface area (Å²) in [5, 5.41) is 37.6. The van der Waals surface area contributed by atoms with Crippen LogP contribution < -0.4 is 68.2 Å². The number of carbonyl (C=O) groups is 4. The van der Waals surface area contributed by atoms with Crippen molar-refractivity contribution >= 4 is 129 Å². The Kier molecular flexibility index (Phi) is 28.4. The van der Waals surface area contributed by atoms with Crippen molar-refractivity contribution in [3.8, 4) is 0 Å². The largest absolute Gasteiger partial charge is 0.756 e. The minimum atomic E-state index is -6.21. The monoisotopic (exact) mass is 1420 g/mol. The number of anilines is 2. The average Bonchev–Trinajstić information content (AvgIpc) is 3.35. The molecule has 0 spiro atoms. The molecule has 0 radical (unpaired) electrons. The van der Waals surface area contributed by atoms with Crippen molar-refractivity contribution in [2.24, 2.45) is 11.5 Å². The number of phosphoric ester groups is 2. The number of H-pyrrole nitrogens is 2. The summed E-state index contributed by atoms with van der Waals surface area (Å²) in [4.78, 5) is 153. The first-order chi connectivity index (χ1) is 39.7.